The van der Waals surface area contributed by atoms with Crippen LogP contribution < -0.4 is 10.6 Å². The zero-order valence-corrected chi connectivity index (χ0v) is 14.4. The van der Waals surface area contributed by atoms with Crippen LogP contribution in [0.2, 0.25) is 5.02 Å². The lowest BCUT2D eigenvalue weighted by atomic mass is 10.1. The zero-order chi connectivity index (χ0) is 17.3. The van der Waals surface area contributed by atoms with Gasteiger partial charge in [-0.1, -0.05) is 11.6 Å². The summed E-state index contributed by atoms with van der Waals surface area (Å²) in [5, 5.41) is 7.00. The number of halogens is 1. The zero-order valence-electron chi connectivity index (χ0n) is 13.6. The van der Waals surface area contributed by atoms with E-state index < -0.39 is 0 Å². The summed E-state index contributed by atoms with van der Waals surface area (Å²) in [6.45, 7) is 2.44. The van der Waals surface area contributed by atoms with E-state index in [-0.39, 0.29) is 18.0 Å². The molecule has 1 atom stereocenters. The molecule has 0 radical (unpaired) electrons. The van der Waals surface area contributed by atoms with Crippen LogP contribution in [0.3, 0.4) is 0 Å². The second kappa shape index (κ2) is 6.65. The lowest BCUT2D eigenvalue weighted by Gasteiger charge is -2.30. The number of pyridine rings is 1. The molecule has 1 aliphatic heterocycles. The molecule has 6 nitrogen and oxygen atoms in total. The highest BCUT2D eigenvalue weighted by atomic mass is 35.5. The molecular weight excluding hydrogens is 328 g/mol. The number of benzene rings is 1. The molecule has 0 unspecified atom stereocenters. The van der Waals surface area contributed by atoms with Crippen LogP contribution in [0.1, 0.15) is 18.4 Å². The molecule has 126 valence electrons. The molecule has 1 aromatic heterocycles. The van der Waals surface area contributed by atoms with Crippen molar-refractivity contribution in [1.82, 2.24) is 15.2 Å². The van der Waals surface area contributed by atoms with Crippen LogP contribution in [0, 0.1) is 6.92 Å². The standard InChI is InChI=1S/C17H19ClN4O2/c1-10-8-13(18)16(12-4-3-7-19-15(10)12)21-17(24)20-11-5-6-14(23)22(2)9-11/h3-4,7-8,11H,5-6,9H2,1-2H3,(H2,20,21,24)/t11-/m1/s1. The van der Waals surface area contributed by atoms with Crippen molar-refractivity contribution in [2.24, 2.45) is 0 Å². The Bertz CT molecular complexity index is 809. The first-order valence-electron chi connectivity index (χ1n) is 7.81. The Balaban J connectivity index is 1.78. The summed E-state index contributed by atoms with van der Waals surface area (Å²) in [5.41, 5.74) is 2.30. The fourth-order valence-electron chi connectivity index (χ4n) is 2.97. The molecule has 3 rings (SSSR count). The first-order valence-corrected chi connectivity index (χ1v) is 8.19. The first kappa shape index (κ1) is 16.5. The molecule has 0 aliphatic carbocycles. The maximum Gasteiger partial charge on any atom is 0.319 e. The molecule has 0 spiro atoms. The second-order valence-corrected chi connectivity index (χ2v) is 6.47. The average molecular weight is 347 g/mol. The Hall–Kier alpha value is -2.34. The van der Waals surface area contributed by atoms with Gasteiger partial charge in [0.05, 0.1) is 16.2 Å². The number of piperidine rings is 1. The number of aryl methyl sites for hydroxylation is 1. The highest BCUT2D eigenvalue weighted by Crippen LogP contribution is 2.32. The summed E-state index contributed by atoms with van der Waals surface area (Å²) < 4.78 is 0. The summed E-state index contributed by atoms with van der Waals surface area (Å²) in [4.78, 5) is 29.8. The van der Waals surface area contributed by atoms with Crippen molar-refractivity contribution in [3.8, 4) is 0 Å². The van der Waals surface area contributed by atoms with Gasteiger partial charge in [0.25, 0.3) is 0 Å². The van der Waals surface area contributed by atoms with Crippen LogP contribution in [-0.2, 0) is 4.79 Å². The number of nitrogens with zero attached hydrogens (tertiary/aromatic N) is 2. The third kappa shape index (κ3) is 3.28. The largest absolute Gasteiger partial charge is 0.344 e. The molecule has 2 heterocycles. The second-order valence-electron chi connectivity index (χ2n) is 6.06. The van der Waals surface area contributed by atoms with Crippen molar-refractivity contribution in [2.45, 2.75) is 25.8 Å². The minimum Gasteiger partial charge on any atom is -0.344 e. The lowest BCUT2D eigenvalue weighted by Crippen LogP contribution is -2.49. The predicted octanol–water partition coefficient (Wildman–Crippen LogP) is 2.94. The molecule has 24 heavy (non-hydrogen) atoms. The monoisotopic (exact) mass is 346 g/mol. The molecule has 1 fully saturated rings. The molecule has 0 bridgehead atoms. The van der Waals surface area contributed by atoms with E-state index in [4.69, 9.17) is 11.6 Å². The number of nitrogens with one attached hydrogen (secondary N) is 2. The van der Waals surface area contributed by atoms with Crippen molar-refractivity contribution in [1.29, 1.82) is 0 Å². The molecule has 7 heteroatoms. The Kier molecular flexibility index (Phi) is 4.57. The number of fused-ring (bicyclic) bond motifs is 1. The molecule has 2 aromatic rings. The van der Waals surface area contributed by atoms with Gasteiger partial charge in [0.15, 0.2) is 0 Å². The van der Waals surface area contributed by atoms with Gasteiger partial charge < -0.3 is 15.5 Å². The number of urea groups is 1. The Morgan fingerprint density at radius 1 is 1.46 bits per heavy atom. The van der Waals surface area contributed by atoms with Gasteiger partial charge in [-0.25, -0.2) is 4.79 Å². The van der Waals surface area contributed by atoms with E-state index in [1.54, 1.807) is 24.2 Å². The molecular formula is C17H19ClN4O2. The van der Waals surface area contributed by atoms with Crippen molar-refractivity contribution >= 4 is 40.1 Å². The highest BCUT2D eigenvalue weighted by molar-refractivity contribution is 6.35. The summed E-state index contributed by atoms with van der Waals surface area (Å²) in [5.74, 6) is 0.104. The Morgan fingerprint density at radius 3 is 3.00 bits per heavy atom. The molecule has 2 N–H and O–H groups in total. The molecule has 1 aliphatic rings. The number of hydrogen-bond donors (Lipinski definition) is 2. The number of amides is 3. The molecule has 3 amide bonds. The number of likely N-dealkylation sites (N-methyl/N-ethyl adjacent to an activating group) is 1. The quantitative estimate of drug-likeness (QED) is 0.878. The van der Waals surface area contributed by atoms with E-state index in [2.05, 4.69) is 15.6 Å². The lowest BCUT2D eigenvalue weighted by molar-refractivity contribution is -0.132. The topological polar surface area (TPSA) is 74.3 Å². The number of hydrogen-bond acceptors (Lipinski definition) is 3. The van der Waals surface area contributed by atoms with Gasteiger partial charge in [0.1, 0.15) is 0 Å². The minimum absolute atomic E-state index is 0.0682. The minimum atomic E-state index is -0.335. The maximum absolute atomic E-state index is 12.3. The summed E-state index contributed by atoms with van der Waals surface area (Å²) in [7, 11) is 1.74. The van der Waals surface area contributed by atoms with Gasteiger partial charge in [-0.05, 0) is 37.1 Å². The van der Waals surface area contributed by atoms with Crippen molar-refractivity contribution in [2.75, 3.05) is 18.9 Å². The number of rotatable bonds is 2. The summed E-state index contributed by atoms with van der Waals surface area (Å²) in [6.07, 6.45) is 2.79. The third-order valence-corrected chi connectivity index (χ3v) is 4.53. The number of aromatic nitrogens is 1. The van der Waals surface area contributed by atoms with E-state index in [9.17, 15) is 9.59 Å². The highest BCUT2D eigenvalue weighted by Gasteiger charge is 2.24. The number of carbonyl (C=O) groups excluding carboxylic acids is 2. The predicted molar refractivity (Wildman–Crippen MR) is 94.3 cm³/mol. The normalized spacial score (nSPS) is 17.9. The van der Waals surface area contributed by atoms with E-state index >= 15 is 0 Å². The number of carbonyl (C=O) groups is 2. The molecule has 0 saturated carbocycles. The van der Waals surface area contributed by atoms with Gasteiger partial charge in [0, 0.05) is 37.6 Å². The van der Waals surface area contributed by atoms with Crippen LogP contribution in [-0.4, -0.2) is 41.5 Å². The van der Waals surface area contributed by atoms with Crippen LogP contribution >= 0.6 is 11.6 Å². The fraction of sp³-hybridized carbons (Fsp3) is 0.353. The fourth-order valence-corrected chi connectivity index (χ4v) is 3.29. The third-order valence-electron chi connectivity index (χ3n) is 4.23. The smallest absolute Gasteiger partial charge is 0.319 e. The molecule has 1 aromatic carbocycles. The molecule has 1 saturated heterocycles. The van der Waals surface area contributed by atoms with Crippen molar-refractivity contribution in [3.05, 3.63) is 35.0 Å². The maximum atomic E-state index is 12.3. The van der Waals surface area contributed by atoms with Crippen molar-refractivity contribution in [3.63, 3.8) is 0 Å². The van der Waals surface area contributed by atoms with E-state index in [0.29, 0.717) is 30.1 Å². The van der Waals surface area contributed by atoms with E-state index in [0.717, 1.165) is 16.5 Å². The van der Waals surface area contributed by atoms with Gasteiger partial charge in [-0.15, -0.1) is 0 Å². The summed E-state index contributed by atoms with van der Waals surface area (Å²) in [6, 6.07) is 5.08. The van der Waals surface area contributed by atoms with Crippen LogP contribution in [0.25, 0.3) is 10.9 Å². The average Bonchev–Trinajstić information content (AvgIpc) is 2.55. The van der Waals surface area contributed by atoms with Crippen LogP contribution in [0.15, 0.2) is 24.4 Å². The Labute approximate surface area is 145 Å². The van der Waals surface area contributed by atoms with E-state index in [1.165, 1.54) is 0 Å². The van der Waals surface area contributed by atoms with Crippen molar-refractivity contribution < 1.29 is 9.59 Å². The van der Waals surface area contributed by atoms with Gasteiger partial charge in [-0.3, -0.25) is 9.78 Å². The SMILES string of the molecule is Cc1cc(Cl)c(NC(=O)N[C@@H]2CCC(=O)N(C)C2)c2cccnc12. The van der Waals surface area contributed by atoms with E-state index in [1.807, 2.05) is 19.1 Å². The van der Waals surface area contributed by atoms with Crippen LogP contribution in [0.5, 0.6) is 0 Å². The van der Waals surface area contributed by atoms with Gasteiger partial charge in [-0.2, -0.15) is 0 Å². The number of likely N-dealkylation sites (tertiary alicyclic amines) is 1. The van der Waals surface area contributed by atoms with Gasteiger partial charge >= 0.3 is 6.03 Å². The number of anilines is 1. The Morgan fingerprint density at radius 2 is 2.25 bits per heavy atom. The first-order chi connectivity index (χ1) is 11.5. The van der Waals surface area contributed by atoms with Gasteiger partial charge in [0.2, 0.25) is 5.91 Å². The summed E-state index contributed by atoms with van der Waals surface area (Å²) >= 11 is 6.31. The van der Waals surface area contributed by atoms with Crippen LogP contribution in [0.4, 0.5) is 10.5 Å².